The molecule has 0 amide bonds. The smallest absolute Gasteiger partial charge is 0.00896 e. The first-order valence-electron chi connectivity index (χ1n) is 4.85. The van der Waals surface area contributed by atoms with Crippen molar-refractivity contribution in [3.8, 4) is 0 Å². The van der Waals surface area contributed by atoms with Crippen molar-refractivity contribution in [1.82, 2.24) is 5.32 Å². The molecule has 4 fully saturated rings. The number of fused-ring (bicyclic) bond motifs is 3. The van der Waals surface area contributed by atoms with Gasteiger partial charge in [-0.05, 0) is 25.0 Å². The van der Waals surface area contributed by atoms with E-state index in [2.05, 4.69) is 12.2 Å². The number of nitrogens with one attached hydrogen (secondary N) is 1. The Morgan fingerprint density at radius 3 is 2.36 bits per heavy atom. The van der Waals surface area contributed by atoms with Gasteiger partial charge in [0.15, 0.2) is 0 Å². The molecule has 3 heterocycles. The van der Waals surface area contributed by atoms with Crippen LogP contribution in [0.5, 0.6) is 0 Å². The third-order valence-electron chi connectivity index (χ3n) is 4.42. The summed E-state index contributed by atoms with van der Waals surface area (Å²) in [5.74, 6) is 2.80. The Bertz CT molecular complexity index is 232. The molecule has 0 bridgehead atoms. The SMILES string of the molecule is CC1NCC1C1CS12C1CC12. The fourth-order valence-electron chi connectivity index (χ4n) is 3.22. The van der Waals surface area contributed by atoms with E-state index in [1.165, 1.54) is 22.3 Å². The Kier molecular flexibility index (Phi) is 0.745. The standard InChI is InChI=1S/C9H15NS/c1-5-6(3-10-5)9-4-11(9)7-2-8(7)11/h5-10H,2-4H2,1H3. The Morgan fingerprint density at radius 1 is 1.27 bits per heavy atom. The van der Waals surface area contributed by atoms with E-state index in [9.17, 15) is 0 Å². The second-order valence-corrected chi connectivity index (χ2v) is 8.75. The van der Waals surface area contributed by atoms with Gasteiger partial charge in [0.1, 0.15) is 0 Å². The van der Waals surface area contributed by atoms with Crippen LogP contribution in [0.25, 0.3) is 0 Å². The molecule has 62 valence electrons. The summed E-state index contributed by atoms with van der Waals surface area (Å²) in [7, 11) is 0.178. The lowest BCUT2D eigenvalue weighted by Gasteiger charge is -2.36. The number of hydrogen-bond acceptors (Lipinski definition) is 1. The third-order valence-corrected chi connectivity index (χ3v) is 9.56. The lowest BCUT2D eigenvalue weighted by atomic mass is 9.91. The second kappa shape index (κ2) is 1.39. The molecule has 0 radical (unpaired) electrons. The third kappa shape index (κ3) is 0.485. The molecule has 1 aliphatic carbocycles. The van der Waals surface area contributed by atoms with Crippen LogP contribution in [0.3, 0.4) is 0 Å². The normalized spacial score (nSPS) is 81.4. The summed E-state index contributed by atoms with van der Waals surface area (Å²) in [6.07, 6.45) is 1.64. The molecule has 11 heavy (non-hydrogen) atoms. The first-order valence-corrected chi connectivity index (χ1v) is 6.84. The van der Waals surface area contributed by atoms with Crippen LogP contribution >= 0.6 is 10.0 Å². The van der Waals surface area contributed by atoms with E-state index in [-0.39, 0.29) is 10.0 Å². The largest absolute Gasteiger partial charge is 0.314 e. The minimum Gasteiger partial charge on any atom is -0.314 e. The molecular weight excluding hydrogens is 154 g/mol. The van der Waals surface area contributed by atoms with Crippen molar-refractivity contribution < 1.29 is 0 Å². The molecule has 5 unspecified atom stereocenters. The lowest BCUT2D eigenvalue weighted by molar-refractivity contribution is 0.260. The van der Waals surface area contributed by atoms with Crippen LogP contribution in [0.1, 0.15) is 13.3 Å². The summed E-state index contributed by atoms with van der Waals surface area (Å²) < 4.78 is 0. The molecule has 1 N–H and O–H groups in total. The van der Waals surface area contributed by atoms with Crippen LogP contribution in [0.2, 0.25) is 0 Å². The molecule has 0 aromatic heterocycles. The highest BCUT2D eigenvalue weighted by Gasteiger charge is 2.84. The summed E-state index contributed by atoms with van der Waals surface area (Å²) in [5, 5.41) is 7.38. The highest BCUT2D eigenvalue weighted by molar-refractivity contribution is 8.48. The van der Waals surface area contributed by atoms with Gasteiger partial charge in [0.05, 0.1) is 0 Å². The van der Waals surface area contributed by atoms with E-state index >= 15 is 0 Å². The van der Waals surface area contributed by atoms with Crippen LogP contribution in [0.15, 0.2) is 0 Å². The van der Waals surface area contributed by atoms with Crippen molar-refractivity contribution in [2.75, 3.05) is 12.3 Å². The van der Waals surface area contributed by atoms with Gasteiger partial charge in [-0.2, -0.15) is 0 Å². The zero-order valence-electron chi connectivity index (χ0n) is 6.92. The molecular formula is C9H15NS. The van der Waals surface area contributed by atoms with E-state index < -0.39 is 0 Å². The summed E-state index contributed by atoms with van der Waals surface area (Å²) in [6.45, 7) is 3.72. The van der Waals surface area contributed by atoms with Gasteiger partial charge in [-0.25, -0.2) is 10.0 Å². The molecule has 3 aliphatic heterocycles. The fourth-order valence-corrected chi connectivity index (χ4v) is 9.00. The molecule has 1 spiro atoms. The molecule has 4 rings (SSSR count). The van der Waals surface area contributed by atoms with Gasteiger partial charge in [0, 0.05) is 28.3 Å². The van der Waals surface area contributed by atoms with Crippen molar-refractivity contribution in [2.45, 2.75) is 35.1 Å². The quantitative estimate of drug-likeness (QED) is 0.576. The molecule has 0 aromatic carbocycles. The monoisotopic (exact) mass is 169 g/mol. The van der Waals surface area contributed by atoms with Crippen molar-refractivity contribution in [3.63, 3.8) is 0 Å². The van der Waals surface area contributed by atoms with Gasteiger partial charge in [-0.1, -0.05) is 0 Å². The number of hydrogen-bond donors (Lipinski definition) is 1. The Labute approximate surface area is 69.2 Å². The summed E-state index contributed by atoms with van der Waals surface area (Å²) >= 11 is 0. The van der Waals surface area contributed by atoms with Gasteiger partial charge in [0.25, 0.3) is 0 Å². The van der Waals surface area contributed by atoms with Gasteiger partial charge in [-0.3, -0.25) is 0 Å². The number of rotatable bonds is 1. The topological polar surface area (TPSA) is 12.0 Å². The highest BCUT2D eigenvalue weighted by Crippen LogP contribution is 3.00. The minimum absolute atomic E-state index is 0.178. The summed E-state index contributed by atoms with van der Waals surface area (Å²) in [6, 6.07) is 0.867. The van der Waals surface area contributed by atoms with E-state index in [0.29, 0.717) is 0 Å². The Morgan fingerprint density at radius 2 is 2.09 bits per heavy atom. The predicted octanol–water partition coefficient (Wildman–Crippen LogP) is 0.936. The first-order chi connectivity index (χ1) is 5.34. The van der Waals surface area contributed by atoms with E-state index in [1.54, 1.807) is 12.2 Å². The van der Waals surface area contributed by atoms with Crippen molar-refractivity contribution >= 4 is 10.0 Å². The first kappa shape index (κ1) is 5.87. The average molecular weight is 169 g/mol. The van der Waals surface area contributed by atoms with Crippen molar-refractivity contribution in [1.29, 1.82) is 0 Å². The van der Waals surface area contributed by atoms with E-state index in [0.717, 1.165) is 12.0 Å². The maximum absolute atomic E-state index is 3.49. The average Bonchev–Trinajstić information content (AvgIpc) is 2.75. The van der Waals surface area contributed by atoms with Gasteiger partial charge >= 0.3 is 0 Å². The van der Waals surface area contributed by atoms with E-state index in [1.807, 2.05) is 0 Å². The minimum atomic E-state index is 0.178. The van der Waals surface area contributed by atoms with Crippen LogP contribution in [-0.4, -0.2) is 34.1 Å². The van der Waals surface area contributed by atoms with E-state index in [4.69, 9.17) is 0 Å². The molecule has 4 aliphatic rings. The van der Waals surface area contributed by atoms with Gasteiger partial charge < -0.3 is 5.32 Å². The molecule has 3 saturated heterocycles. The fraction of sp³-hybridized carbons (Fsp3) is 1.00. The summed E-state index contributed by atoms with van der Waals surface area (Å²) in [4.78, 5) is 0. The highest BCUT2D eigenvalue weighted by atomic mass is 32.3. The van der Waals surface area contributed by atoms with Crippen LogP contribution in [0.4, 0.5) is 0 Å². The maximum atomic E-state index is 3.49. The molecule has 1 nitrogen and oxygen atoms in total. The second-order valence-electron chi connectivity index (χ2n) is 4.79. The van der Waals surface area contributed by atoms with Crippen LogP contribution < -0.4 is 5.32 Å². The van der Waals surface area contributed by atoms with Crippen molar-refractivity contribution in [2.24, 2.45) is 5.92 Å². The Balaban J connectivity index is 1.53. The predicted molar refractivity (Wildman–Crippen MR) is 49.4 cm³/mol. The van der Waals surface area contributed by atoms with Crippen LogP contribution in [-0.2, 0) is 0 Å². The molecule has 2 heteroatoms. The molecule has 5 atom stereocenters. The maximum Gasteiger partial charge on any atom is 0.00896 e. The zero-order valence-corrected chi connectivity index (χ0v) is 7.73. The zero-order chi connectivity index (χ0) is 7.22. The van der Waals surface area contributed by atoms with Gasteiger partial charge in [0.2, 0.25) is 0 Å². The summed E-state index contributed by atoms with van der Waals surface area (Å²) in [5.41, 5.74) is 0. The lowest BCUT2D eigenvalue weighted by Crippen LogP contribution is -2.53. The Hall–Kier alpha value is 0.310. The van der Waals surface area contributed by atoms with Crippen LogP contribution in [0, 0.1) is 5.92 Å². The molecule has 0 aromatic rings. The van der Waals surface area contributed by atoms with Gasteiger partial charge in [-0.15, -0.1) is 0 Å². The molecule has 1 saturated carbocycles. The van der Waals surface area contributed by atoms with Crippen molar-refractivity contribution in [3.05, 3.63) is 0 Å².